The van der Waals surface area contributed by atoms with Crippen molar-refractivity contribution in [3.05, 3.63) is 59.7 Å². The van der Waals surface area contributed by atoms with Crippen LogP contribution in [0.15, 0.2) is 48.5 Å². The van der Waals surface area contributed by atoms with Gasteiger partial charge in [0.1, 0.15) is 17.5 Å². The highest BCUT2D eigenvalue weighted by Gasteiger charge is 2.43. The summed E-state index contributed by atoms with van der Waals surface area (Å²) in [6, 6.07) is 16.8. The van der Waals surface area contributed by atoms with Crippen molar-refractivity contribution in [3.63, 3.8) is 0 Å². The van der Waals surface area contributed by atoms with E-state index in [-0.39, 0.29) is 6.04 Å². The number of para-hydroxylation sites is 1. The average molecular weight is 294 g/mol. The number of nitrogens with zero attached hydrogens (tertiary/aromatic N) is 1. The second-order valence-corrected chi connectivity index (χ2v) is 6.00. The van der Waals surface area contributed by atoms with Crippen LogP contribution in [0.2, 0.25) is 0 Å². The van der Waals surface area contributed by atoms with Gasteiger partial charge in [0.25, 0.3) is 0 Å². The molecular weight excluding hydrogens is 276 g/mol. The molecule has 0 radical (unpaired) electrons. The van der Waals surface area contributed by atoms with Gasteiger partial charge in [0, 0.05) is 11.3 Å². The van der Waals surface area contributed by atoms with Crippen LogP contribution in [-0.4, -0.2) is 16.8 Å². The molecule has 4 nitrogen and oxygen atoms in total. The van der Waals surface area contributed by atoms with Crippen molar-refractivity contribution >= 4 is 5.69 Å². The molecule has 2 atom stereocenters. The normalized spacial score (nSPS) is 22.1. The molecule has 2 N–H and O–H groups in total. The number of rotatable bonds is 2. The van der Waals surface area contributed by atoms with Gasteiger partial charge in [-0.15, -0.1) is 0 Å². The number of aliphatic hydroxyl groups is 1. The van der Waals surface area contributed by atoms with Gasteiger partial charge in [0.15, 0.2) is 0 Å². The highest BCUT2D eigenvalue weighted by molar-refractivity contribution is 5.52. The molecule has 0 unspecified atom stereocenters. The maximum atomic E-state index is 10.7. The fraction of sp³-hybridized carbons (Fsp3) is 0.278. The van der Waals surface area contributed by atoms with E-state index in [9.17, 15) is 5.11 Å². The predicted octanol–water partition coefficient (Wildman–Crippen LogP) is 3.24. The van der Waals surface area contributed by atoms with E-state index >= 15 is 0 Å². The van der Waals surface area contributed by atoms with E-state index in [4.69, 9.17) is 10.00 Å². The molecule has 2 aromatic rings. The standard InChI is InChI=1S/C18H18N2O2/c1-18(2)17(21)16(20-13-6-4-3-5-7-13)14-10-12(11-19)8-9-15(14)22-18/h3-10,16-17,20-21H,1-2H3/t16-,17-/m1/s1. The van der Waals surface area contributed by atoms with Gasteiger partial charge in [-0.1, -0.05) is 18.2 Å². The van der Waals surface area contributed by atoms with Crippen LogP contribution in [-0.2, 0) is 0 Å². The minimum atomic E-state index is -0.742. The number of ether oxygens (including phenoxy) is 1. The van der Waals surface area contributed by atoms with Crippen LogP contribution in [0.25, 0.3) is 0 Å². The number of nitrogens with one attached hydrogen (secondary N) is 1. The Morgan fingerprint density at radius 3 is 2.59 bits per heavy atom. The molecule has 0 saturated carbocycles. The van der Waals surface area contributed by atoms with Crippen LogP contribution in [0.4, 0.5) is 5.69 Å². The fourth-order valence-electron chi connectivity index (χ4n) is 2.74. The quantitative estimate of drug-likeness (QED) is 0.892. The van der Waals surface area contributed by atoms with Gasteiger partial charge < -0.3 is 15.2 Å². The van der Waals surface area contributed by atoms with E-state index in [0.717, 1.165) is 11.3 Å². The monoisotopic (exact) mass is 294 g/mol. The molecule has 112 valence electrons. The summed E-state index contributed by atoms with van der Waals surface area (Å²) < 4.78 is 5.90. The summed E-state index contributed by atoms with van der Waals surface area (Å²) in [5.74, 6) is 0.697. The lowest BCUT2D eigenvalue weighted by Gasteiger charge is -2.42. The van der Waals surface area contributed by atoms with Crippen molar-refractivity contribution in [2.24, 2.45) is 0 Å². The Labute approximate surface area is 130 Å². The number of fused-ring (bicyclic) bond motifs is 1. The lowest BCUT2D eigenvalue weighted by atomic mass is 9.86. The molecule has 0 bridgehead atoms. The molecule has 0 aliphatic carbocycles. The van der Waals surface area contributed by atoms with E-state index in [2.05, 4.69) is 11.4 Å². The van der Waals surface area contributed by atoms with Crippen molar-refractivity contribution in [2.75, 3.05) is 5.32 Å². The Balaban J connectivity index is 2.05. The van der Waals surface area contributed by atoms with Crippen LogP contribution in [0.5, 0.6) is 5.75 Å². The third-order valence-electron chi connectivity index (χ3n) is 3.97. The minimum absolute atomic E-state index is 0.338. The van der Waals surface area contributed by atoms with Crippen LogP contribution >= 0.6 is 0 Å². The molecule has 0 amide bonds. The van der Waals surface area contributed by atoms with Gasteiger partial charge in [-0.3, -0.25) is 0 Å². The van der Waals surface area contributed by atoms with Crippen molar-refractivity contribution in [2.45, 2.75) is 31.6 Å². The van der Waals surface area contributed by atoms with Gasteiger partial charge in [-0.2, -0.15) is 5.26 Å². The average Bonchev–Trinajstić information content (AvgIpc) is 2.52. The smallest absolute Gasteiger partial charge is 0.132 e. The second-order valence-electron chi connectivity index (χ2n) is 6.00. The maximum Gasteiger partial charge on any atom is 0.132 e. The number of benzene rings is 2. The van der Waals surface area contributed by atoms with Crippen LogP contribution in [0, 0.1) is 11.3 Å². The molecular formula is C18H18N2O2. The number of anilines is 1. The molecule has 2 aromatic carbocycles. The molecule has 0 aromatic heterocycles. The Hall–Kier alpha value is -2.51. The van der Waals surface area contributed by atoms with E-state index < -0.39 is 11.7 Å². The summed E-state index contributed by atoms with van der Waals surface area (Å²) in [5.41, 5.74) is 1.55. The topological polar surface area (TPSA) is 65.3 Å². The minimum Gasteiger partial charge on any atom is -0.485 e. The second kappa shape index (κ2) is 5.36. The Morgan fingerprint density at radius 1 is 1.18 bits per heavy atom. The highest BCUT2D eigenvalue weighted by Crippen LogP contribution is 2.41. The number of nitriles is 1. The first-order chi connectivity index (χ1) is 10.5. The molecule has 0 spiro atoms. The third kappa shape index (κ3) is 2.51. The summed E-state index contributed by atoms with van der Waals surface area (Å²) in [7, 11) is 0. The largest absolute Gasteiger partial charge is 0.485 e. The maximum absolute atomic E-state index is 10.7. The van der Waals surface area contributed by atoms with Crippen molar-refractivity contribution in [1.82, 2.24) is 0 Å². The van der Waals surface area contributed by atoms with Crippen LogP contribution in [0.3, 0.4) is 0 Å². The molecule has 1 aliphatic rings. The first kappa shape index (κ1) is 14.4. The summed E-state index contributed by atoms with van der Waals surface area (Å²) in [6.07, 6.45) is -0.742. The Morgan fingerprint density at radius 2 is 1.91 bits per heavy atom. The Bertz CT molecular complexity index is 720. The van der Waals surface area contributed by atoms with Gasteiger partial charge in [-0.25, -0.2) is 0 Å². The summed E-state index contributed by atoms with van der Waals surface area (Å²) >= 11 is 0. The van der Waals surface area contributed by atoms with Gasteiger partial charge in [0.05, 0.1) is 17.7 Å². The molecule has 0 fully saturated rings. The van der Waals surface area contributed by atoms with Crippen LogP contribution < -0.4 is 10.1 Å². The van der Waals surface area contributed by atoms with E-state index in [1.54, 1.807) is 18.2 Å². The van der Waals surface area contributed by atoms with Crippen LogP contribution in [0.1, 0.15) is 31.0 Å². The Kier molecular flexibility index (Phi) is 3.51. The number of hydrogen-bond acceptors (Lipinski definition) is 4. The van der Waals surface area contributed by atoms with Gasteiger partial charge in [0.2, 0.25) is 0 Å². The highest BCUT2D eigenvalue weighted by atomic mass is 16.5. The summed E-state index contributed by atoms with van der Waals surface area (Å²) in [6.45, 7) is 3.72. The lowest BCUT2D eigenvalue weighted by molar-refractivity contribution is -0.0532. The first-order valence-electron chi connectivity index (χ1n) is 7.24. The van der Waals surface area contributed by atoms with Crippen molar-refractivity contribution in [3.8, 4) is 11.8 Å². The summed E-state index contributed by atoms with van der Waals surface area (Å²) in [4.78, 5) is 0. The van der Waals surface area contributed by atoms with Crippen molar-refractivity contribution in [1.29, 1.82) is 5.26 Å². The van der Waals surface area contributed by atoms with Crippen molar-refractivity contribution < 1.29 is 9.84 Å². The fourth-order valence-corrected chi connectivity index (χ4v) is 2.74. The molecule has 3 rings (SSSR count). The predicted molar refractivity (Wildman–Crippen MR) is 84.7 cm³/mol. The molecule has 1 aliphatic heterocycles. The number of hydrogen-bond donors (Lipinski definition) is 2. The molecule has 4 heteroatoms. The number of aliphatic hydroxyl groups excluding tert-OH is 1. The van der Waals surface area contributed by atoms with E-state index in [1.165, 1.54) is 0 Å². The lowest BCUT2D eigenvalue weighted by Crippen LogP contribution is -2.50. The first-order valence-corrected chi connectivity index (χ1v) is 7.24. The van der Waals surface area contributed by atoms with E-state index in [0.29, 0.717) is 11.3 Å². The summed E-state index contributed by atoms with van der Waals surface area (Å²) in [5, 5.41) is 23.2. The van der Waals surface area contributed by atoms with Gasteiger partial charge in [-0.05, 0) is 44.2 Å². The third-order valence-corrected chi connectivity index (χ3v) is 3.97. The SMILES string of the molecule is CC1(C)Oc2ccc(C#N)cc2[C@@H](Nc2ccccc2)[C@H]1O. The van der Waals surface area contributed by atoms with Gasteiger partial charge >= 0.3 is 0 Å². The van der Waals surface area contributed by atoms with E-state index in [1.807, 2.05) is 44.2 Å². The zero-order valence-electron chi connectivity index (χ0n) is 12.6. The zero-order valence-corrected chi connectivity index (χ0v) is 12.6. The molecule has 0 saturated heterocycles. The zero-order chi connectivity index (χ0) is 15.7. The molecule has 22 heavy (non-hydrogen) atoms. The molecule has 1 heterocycles.